The zero-order chi connectivity index (χ0) is 18.7. The second-order valence-corrected chi connectivity index (χ2v) is 7.70. The van der Waals surface area contributed by atoms with E-state index in [1.54, 1.807) is 12.1 Å². The van der Waals surface area contributed by atoms with E-state index in [0.717, 1.165) is 13.1 Å². The van der Waals surface area contributed by atoms with Gasteiger partial charge in [-0.05, 0) is 44.4 Å². The number of rotatable bonds is 4. The lowest BCUT2D eigenvalue weighted by Gasteiger charge is -2.40. The molecule has 26 heavy (non-hydrogen) atoms. The molecule has 0 radical (unpaired) electrons. The number of piperidine rings is 1. The van der Waals surface area contributed by atoms with Crippen LogP contribution >= 0.6 is 0 Å². The van der Waals surface area contributed by atoms with Gasteiger partial charge in [0.05, 0.1) is 24.7 Å². The fourth-order valence-electron chi connectivity index (χ4n) is 3.83. The Hall–Kier alpha value is -1.50. The largest absolute Gasteiger partial charge is 0.385 e. The molecule has 0 aromatic heterocycles. The highest BCUT2D eigenvalue weighted by molar-refractivity contribution is 5.76. The number of nitrogens with zero attached hydrogens (tertiary/aromatic N) is 2. The summed E-state index contributed by atoms with van der Waals surface area (Å²) in [5, 5.41) is 10.9. The number of hydrogen-bond acceptors (Lipinski definition) is 4. The molecule has 5 nitrogen and oxygen atoms in total. The summed E-state index contributed by atoms with van der Waals surface area (Å²) in [6.07, 6.45) is 1.26. The van der Waals surface area contributed by atoms with E-state index < -0.39 is 5.60 Å². The van der Waals surface area contributed by atoms with Gasteiger partial charge in [0.2, 0.25) is 5.91 Å². The van der Waals surface area contributed by atoms with Gasteiger partial charge in [-0.15, -0.1) is 0 Å². The Morgan fingerprint density at radius 2 is 1.92 bits per heavy atom. The van der Waals surface area contributed by atoms with Crippen LogP contribution in [0.5, 0.6) is 0 Å². The van der Waals surface area contributed by atoms with E-state index in [1.165, 1.54) is 12.1 Å². The van der Waals surface area contributed by atoms with Crippen molar-refractivity contribution in [3.63, 3.8) is 0 Å². The molecule has 1 atom stereocenters. The highest BCUT2D eigenvalue weighted by Crippen LogP contribution is 2.33. The first-order valence-corrected chi connectivity index (χ1v) is 9.49. The minimum Gasteiger partial charge on any atom is -0.385 e. The Kier molecular flexibility index (Phi) is 5.95. The quantitative estimate of drug-likeness (QED) is 0.889. The molecule has 0 spiro atoms. The number of halogens is 1. The number of benzene rings is 1. The third-order valence-corrected chi connectivity index (χ3v) is 5.63. The minimum absolute atomic E-state index is 0.0587. The van der Waals surface area contributed by atoms with Crippen LogP contribution in [-0.2, 0) is 15.1 Å². The van der Waals surface area contributed by atoms with E-state index in [1.807, 2.05) is 4.90 Å². The maximum Gasteiger partial charge on any atom is 0.225 e. The molecule has 1 aromatic carbocycles. The van der Waals surface area contributed by atoms with Gasteiger partial charge in [0.25, 0.3) is 0 Å². The Morgan fingerprint density at radius 3 is 2.54 bits per heavy atom. The molecular formula is C20H29FN2O3. The molecule has 2 fully saturated rings. The van der Waals surface area contributed by atoms with Gasteiger partial charge >= 0.3 is 0 Å². The molecular weight excluding hydrogens is 335 g/mol. The molecule has 0 saturated carbocycles. The van der Waals surface area contributed by atoms with Crippen LogP contribution in [0, 0.1) is 5.82 Å². The molecule has 3 rings (SSSR count). The zero-order valence-electron chi connectivity index (χ0n) is 15.7. The smallest absolute Gasteiger partial charge is 0.225 e. The molecule has 2 heterocycles. The molecule has 6 heteroatoms. The summed E-state index contributed by atoms with van der Waals surface area (Å²) in [4.78, 5) is 16.8. The number of aliphatic hydroxyl groups is 1. The highest BCUT2D eigenvalue weighted by Gasteiger charge is 2.36. The zero-order valence-corrected chi connectivity index (χ0v) is 15.7. The van der Waals surface area contributed by atoms with E-state index in [4.69, 9.17) is 4.74 Å². The summed E-state index contributed by atoms with van der Waals surface area (Å²) < 4.78 is 18.9. The standard InChI is InChI=1S/C20H29FN2O3/c1-15(2)23-11-12-26-18(14-23)13-19(24)22-9-7-20(25,8-10-22)16-3-5-17(21)6-4-16/h3-6,15,18,25H,7-14H2,1-2H3. The molecule has 0 aliphatic carbocycles. The van der Waals surface area contributed by atoms with Crippen molar-refractivity contribution < 1.29 is 19.0 Å². The Morgan fingerprint density at radius 1 is 1.27 bits per heavy atom. The second kappa shape index (κ2) is 8.03. The average molecular weight is 364 g/mol. The average Bonchev–Trinajstić information content (AvgIpc) is 2.63. The number of ether oxygens (including phenoxy) is 1. The van der Waals surface area contributed by atoms with Crippen molar-refractivity contribution in [2.24, 2.45) is 0 Å². The summed E-state index contributed by atoms with van der Waals surface area (Å²) in [7, 11) is 0. The first-order valence-electron chi connectivity index (χ1n) is 9.49. The van der Waals surface area contributed by atoms with Gasteiger partial charge in [0.15, 0.2) is 0 Å². The number of hydrogen-bond donors (Lipinski definition) is 1. The van der Waals surface area contributed by atoms with Crippen LogP contribution in [0.2, 0.25) is 0 Å². The van der Waals surface area contributed by atoms with Crippen LogP contribution in [0.1, 0.15) is 38.7 Å². The summed E-state index contributed by atoms with van der Waals surface area (Å²) >= 11 is 0. The molecule has 1 unspecified atom stereocenters. The summed E-state index contributed by atoms with van der Waals surface area (Å²) in [5.41, 5.74) is -0.269. The van der Waals surface area contributed by atoms with E-state index in [-0.39, 0.29) is 17.8 Å². The number of morpholine rings is 1. The normalized spacial score (nSPS) is 24.0. The van der Waals surface area contributed by atoms with Crippen molar-refractivity contribution in [3.05, 3.63) is 35.6 Å². The Bertz CT molecular complexity index is 612. The van der Waals surface area contributed by atoms with Crippen LogP contribution in [0.3, 0.4) is 0 Å². The number of amides is 1. The molecule has 2 aliphatic rings. The van der Waals surface area contributed by atoms with Crippen LogP contribution in [0.4, 0.5) is 4.39 Å². The fraction of sp³-hybridized carbons (Fsp3) is 0.650. The van der Waals surface area contributed by atoms with E-state index in [0.29, 0.717) is 50.6 Å². The van der Waals surface area contributed by atoms with Gasteiger partial charge < -0.3 is 14.7 Å². The molecule has 144 valence electrons. The van der Waals surface area contributed by atoms with Gasteiger partial charge in [-0.1, -0.05) is 12.1 Å². The van der Waals surface area contributed by atoms with Crippen molar-refractivity contribution in [3.8, 4) is 0 Å². The predicted molar refractivity (Wildman–Crippen MR) is 97.2 cm³/mol. The number of likely N-dealkylation sites (tertiary alicyclic amines) is 1. The topological polar surface area (TPSA) is 53.0 Å². The Balaban J connectivity index is 1.52. The van der Waals surface area contributed by atoms with Gasteiger partial charge in [-0.25, -0.2) is 4.39 Å². The van der Waals surface area contributed by atoms with Crippen molar-refractivity contribution in [1.29, 1.82) is 0 Å². The second-order valence-electron chi connectivity index (χ2n) is 7.70. The van der Waals surface area contributed by atoms with Crippen LogP contribution < -0.4 is 0 Å². The van der Waals surface area contributed by atoms with Gasteiger partial charge in [0.1, 0.15) is 5.82 Å². The Labute approximate surface area is 154 Å². The van der Waals surface area contributed by atoms with Crippen LogP contribution in [0.25, 0.3) is 0 Å². The molecule has 0 bridgehead atoms. The minimum atomic E-state index is -0.986. The van der Waals surface area contributed by atoms with Crippen LogP contribution in [-0.4, -0.2) is 65.7 Å². The summed E-state index contributed by atoms with van der Waals surface area (Å²) in [6, 6.07) is 6.45. The third kappa shape index (κ3) is 4.42. The van der Waals surface area contributed by atoms with Crippen molar-refractivity contribution in [2.75, 3.05) is 32.8 Å². The van der Waals surface area contributed by atoms with Crippen molar-refractivity contribution in [1.82, 2.24) is 9.80 Å². The molecule has 1 N–H and O–H groups in total. The SMILES string of the molecule is CC(C)N1CCOC(CC(=O)N2CCC(O)(c3ccc(F)cc3)CC2)C1. The maximum atomic E-state index is 13.1. The van der Waals surface area contributed by atoms with Gasteiger partial charge in [0, 0.05) is 32.2 Å². The summed E-state index contributed by atoms with van der Waals surface area (Å²) in [5.74, 6) is -0.227. The van der Waals surface area contributed by atoms with E-state index in [9.17, 15) is 14.3 Å². The maximum absolute atomic E-state index is 13.1. The first kappa shape index (κ1) is 19.3. The van der Waals surface area contributed by atoms with E-state index >= 15 is 0 Å². The fourth-order valence-corrected chi connectivity index (χ4v) is 3.83. The van der Waals surface area contributed by atoms with Gasteiger partial charge in [-0.3, -0.25) is 9.69 Å². The number of carbonyl (C=O) groups excluding carboxylic acids is 1. The van der Waals surface area contributed by atoms with Crippen molar-refractivity contribution >= 4 is 5.91 Å². The molecule has 2 aliphatic heterocycles. The molecule has 1 amide bonds. The van der Waals surface area contributed by atoms with E-state index in [2.05, 4.69) is 18.7 Å². The first-order chi connectivity index (χ1) is 12.4. The monoisotopic (exact) mass is 364 g/mol. The number of carbonyl (C=O) groups is 1. The summed E-state index contributed by atoms with van der Waals surface area (Å²) in [6.45, 7) is 7.70. The third-order valence-electron chi connectivity index (χ3n) is 5.63. The lowest BCUT2D eigenvalue weighted by atomic mass is 9.84. The highest BCUT2D eigenvalue weighted by atomic mass is 19.1. The lowest BCUT2D eigenvalue weighted by molar-refractivity contribution is -0.141. The predicted octanol–water partition coefficient (Wildman–Crippen LogP) is 2.13. The van der Waals surface area contributed by atoms with Crippen molar-refractivity contribution in [2.45, 2.75) is 50.9 Å². The van der Waals surface area contributed by atoms with Crippen LogP contribution in [0.15, 0.2) is 24.3 Å². The molecule has 1 aromatic rings. The molecule has 2 saturated heterocycles. The lowest BCUT2D eigenvalue weighted by Crippen LogP contribution is -2.49. The van der Waals surface area contributed by atoms with Gasteiger partial charge in [-0.2, -0.15) is 0 Å².